The minimum Gasteiger partial charge on any atom is -0.433 e. The Bertz CT molecular complexity index is 755. The molecule has 1 N–H and O–H groups in total. The number of hydrogen-bond acceptors (Lipinski definition) is 3. The van der Waals surface area contributed by atoms with Gasteiger partial charge in [-0.05, 0) is 49.2 Å². The van der Waals surface area contributed by atoms with Crippen LogP contribution in [0.4, 0.5) is 14.5 Å². The van der Waals surface area contributed by atoms with Gasteiger partial charge in [0.15, 0.2) is 0 Å². The second-order valence-corrected chi connectivity index (χ2v) is 6.54. The van der Waals surface area contributed by atoms with Crippen molar-refractivity contribution in [1.82, 2.24) is 4.90 Å². The van der Waals surface area contributed by atoms with Crippen LogP contribution in [0.15, 0.2) is 48.5 Å². The van der Waals surface area contributed by atoms with Crippen molar-refractivity contribution in [3.05, 3.63) is 59.1 Å². The van der Waals surface area contributed by atoms with Crippen molar-refractivity contribution in [2.24, 2.45) is 0 Å². The zero-order valence-corrected chi connectivity index (χ0v) is 14.8. The Morgan fingerprint density at radius 1 is 1.23 bits per heavy atom. The molecule has 2 aromatic rings. The number of rotatable bonds is 6. The lowest BCUT2D eigenvalue weighted by atomic mass is 10.0. The zero-order chi connectivity index (χ0) is 18.5. The third-order valence-corrected chi connectivity index (χ3v) is 4.59. The summed E-state index contributed by atoms with van der Waals surface area (Å²) in [5, 5.41) is 3.34. The third-order valence-electron chi connectivity index (χ3n) is 4.34. The van der Waals surface area contributed by atoms with Crippen LogP contribution < -0.4 is 10.1 Å². The number of para-hydroxylation sites is 2. The van der Waals surface area contributed by atoms with Gasteiger partial charge in [-0.3, -0.25) is 9.69 Å². The molecule has 0 bridgehead atoms. The number of likely N-dealkylation sites (tertiary alicyclic amines) is 1. The number of carbonyl (C=O) groups is 1. The van der Waals surface area contributed by atoms with Gasteiger partial charge in [-0.2, -0.15) is 8.78 Å². The Labute approximate surface area is 155 Å². The molecule has 0 aliphatic carbocycles. The van der Waals surface area contributed by atoms with Crippen LogP contribution in [0.1, 0.15) is 24.4 Å². The molecule has 1 aliphatic heterocycles. The van der Waals surface area contributed by atoms with Crippen molar-refractivity contribution in [2.75, 3.05) is 18.4 Å². The van der Waals surface area contributed by atoms with Crippen LogP contribution in [-0.2, 0) is 4.79 Å². The Morgan fingerprint density at radius 2 is 1.96 bits per heavy atom. The van der Waals surface area contributed by atoms with E-state index in [4.69, 9.17) is 11.6 Å². The summed E-state index contributed by atoms with van der Waals surface area (Å²) in [7, 11) is 0. The van der Waals surface area contributed by atoms with Gasteiger partial charge in [-0.25, -0.2) is 0 Å². The predicted molar refractivity (Wildman–Crippen MR) is 96.7 cm³/mol. The van der Waals surface area contributed by atoms with Crippen molar-refractivity contribution in [2.45, 2.75) is 25.5 Å². The fourth-order valence-electron chi connectivity index (χ4n) is 3.22. The molecule has 1 amide bonds. The van der Waals surface area contributed by atoms with E-state index < -0.39 is 6.61 Å². The SMILES string of the molecule is O=C(CN1CCC[C@@H]1c1ccc(Cl)cc1)Nc1ccccc1OC(F)F. The average Bonchev–Trinajstić information content (AvgIpc) is 3.05. The Kier molecular flexibility index (Phi) is 6.06. The van der Waals surface area contributed by atoms with Gasteiger partial charge in [0.2, 0.25) is 5.91 Å². The van der Waals surface area contributed by atoms with Crippen LogP contribution >= 0.6 is 11.6 Å². The average molecular weight is 381 g/mol. The van der Waals surface area contributed by atoms with Gasteiger partial charge >= 0.3 is 6.61 Å². The predicted octanol–water partition coefficient (Wildman–Crippen LogP) is 4.72. The van der Waals surface area contributed by atoms with Gasteiger partial charge in [0, 0.05) is 11.1 Å². The molecule has 0 aromatic heterocycles. The first-order valence-corrected chi connectivity index (χ1v) is 8.74. The van der Waals surface area contributed by atoms with Gasteiger partial charge in [0.05, 0.1) is 12.2 Å². The molecule has 1 saturated heterocycles. The monoisotopic (exact) mass is 380 g/mol. The highest BCUT2D eigenvalue weighted by atomic mass is 35.5. The number of alkyl halides is 2. The lowest BCUT2D eigenvalue weighted by Crippen LogP contribution is -2.33. The van der Waals surface area contributed by atoms with Crippen LogP contribution in [0.2, 0.25) is 5.02 Å². The molecule has 1 heterocycles. The normalized spacial score (nSPS) is 17.5. The van der Waals surface area contributed by atoms with Crippen molar-refractivity contribution in [3.8, 4) is 5.75 Å². The molecule has 0 radical (unpaired) electrons. The first-order valence-electron chi connectivity index (χ1n) is 8.36. The minimum absolute atomic E-state index is 0.0495. The maximum absolute atomic E-state index is 12.5. The summed E-state index contributed by atoms with van der Waals surface area (Å²) in [5.74, 6) is -0.317. The molecule has 0 saturated carbocycles. The molecule has 0 unspecified atom stereocenters. The second kappa shape index (κ2) is 8.47. The van der Waals surface area contributed by atoms with Gasteiger partial charge in [-0.1, -0.05) is 35.9 Å². The molecular formula is C19H19ClF2N2O2. The second-order valence-electron chi connectivity index (χ2n) is 6.10. The van der Waals surface area contributed by atoms with E-state index in [2.05, 4.69) is 15.0 Å². The van der Waals surface area contributed by atoms with Crippen LogP contribution in [0.3, 0.4) is 0 Å². The van der Waals surface area contributed by atoms with E-state index in [9.17, 15) is 13.6 Å². The highest BCUT2D eigenvalue weighted by Crippen LogP contribution is 2.32. The van der Waals surface area contributed by atoms with E-state index in [1.54, 1.807) is 12.1 Å². The first kappa shape index (κ1) is 18.6. The summed E-state index contributed by atoms with van der Waals surface area (Å²) in [4.78, 5) is 14.5. The number of halogens is 3. The summed E-state index contributed by atoms with van der Waals surface area (Å²) in [6.07, 6.45) is 1.95. The number of anilines is 1. The van der Waals surface area contributed by atoms with E-state index in [0.29, 0.717) is 5.02 Å². The van der Waals surface area contributed by atoms with Gasteiger partial charge in [-0.15, -0.1) is 0 Å². The molecule has 1 aliphatic rings. The molecule has 26 heavy (non-hydrogen) atoms. The molecular weight excluding hydrogens is 362 g/mol. The Morgan fingerprint density at radius 3 is 2.69 bits per heavy atom. The lowest BCUT2D eigenvalue weighted by Gasteiger charge is -2.24. The number of nitrogens with zero attached hydrogens (tertiary/aromatic N) is 1. The molecule has 2 aromatic carbocycles. The third kappa shape index (κ3) is 4.71. The standard InChI is InChI=1S/C19H19ClF2N2O2/c20-14-9-7-13(8-10-14)16-5-3-11-24(16)12-18(25)23-15-4-1-2-6-17(15)26-19(21)22/h1-2,4,6-10,16,19H,3,5,11-12H2,(H,23,25)/t16-/m1/s1. The number of nitrogens with one attached hydrogen (secondary N) is 1. The van der Waals surface area contributed by atoms with Gasteiger partial charge in [0.25, 0.3) is 0 Å². The van der Waals surface area contributed by atoms with E-state index in [1.165, 1.54) is 12.1 Å². The Hall–Kier alpha value is -2.18. The summed E-state index contributed by atoms with van der Waals surface area (Å²) in [6, 6.07) is 13.9. The molecule has 138 valence electrons. The molecule has 3 rings (SSSR count). The van der Waals surface area contributed by atoms with E-state index in [-0.39, 0.29) is 29.9 Å². The highest BCUT2D eigenvalue weighted by Gasteiger charge is 2.27. The number of carbonyl (C=O) groups excluding carboxylic acids is 1. The fourth-order valence-corrected chi connectivity index (χ4v) is 3.35. The number of benzene rings is 2. The Balaban J connectivity index is 1.65. The maximum Gasteiger partial charge on any atom is 0.387 e. The van der Waals surface area contributed by atoms with Crippen LogP contribution in [0.5, 0.6) is 5.75 Å². The van der Waals surface area contributed by atoms with Crippen molar-refractivity contribution >= 4 is 23.2 Å². The van der Waals surface area contributed by atoms with Gasteiger partial charge in [0.1, 0.15) is 5.75 Å². The van der Waals surface area contributed by atoms with Crippen LogP contribution in [0.25, 0.3) is 0 Å². The number of ether oxygens (including phenoxy) is 1. The summed E-state index contributed by atoms with van der Waals surface area (Å²) >= 11 is 5.94. The smallest absolute Gasteiger partial charge is 0.387 e. The molecule has 0 spiro atoms. The number of amides is 1. The lowest BCUT2D eigenvalue weighted by molar-refractivity contribution is -0.117. The largest absolute Gasteiger partial charge is 0.433 e. The molecule has 1 atom stereocenters. The topological polar surface area (TPSA) is 41.6 Å². The number of hydrogen-bond donors (Lipinski definition) is 1. The van der Waals surface area contributed by atoms with Crippen molar-refractivity contribution < 1.29 is 18.3 Å². The molecule has 7 heteroatoms. The zero-order valence-electron chi connectivity index (χ0n) is 14.0. The van der Waals surface area contributed by atoms with Crippen LogP contribution in [-0.4, -0.2) is 30.5 Å². The summed E-state index contributed by atoms with van der Waals surface area (Å²) in [6.45, 7) is -1.97. The summed E-state index contributed by atoms with van der Waals surface area (Å²) in [5.41, 5.74) is 1.35. The molecule has 1 fully saturated rings. The van der Waals surface area contributed by atoms with E-state index in [0.717, 1.165) is 24.9 Å². The quantitative estimate of drug-likeness (QED) is 0.788. The van der Waals surface area contributed by atoms with Gasteiger partial charge < -0.3 is 10.1 Å². The van der Waals surface area contributed by atoms with E-state index >= 15 is 0 Å². The fraction of sp³-hybridized carbons (Fsp3) is 0.316. The van der Waals surface area contributed by atoms with Crippen molar-refractivity contribution in [3.63, 3.8) is 0 Å². The minimum atomic E-state index is -2.94. The van der Waals surface area contributed by atoms with Crippen molar-refractivity contribution in [1.29, 1.82) is 0 Å². The molecule has 4 nitrogen and oxygen atoms in total. The summed E-state index contributed by atoms with van der Waals surface area (Å²) < 4.78 is 29.4. The first-order chi connectivity index (χ1) is 12.5. The van der Waals surface area contributed by atoms with E-state index in [1.807, 2.05) is 24.3 Å². The highest BCUT2D eigenvalue weighted by molar-refractivity contribution is 6.30. The van der Waals surface area contributed by atoms with Crippen LogP contribution in [0, 0.1) is 0 Å². The maximum atomic E-state index is 12.5.